The molecule has 19 heavy (non-hydrogen) atoms. The molecule has 0 amide bonds. The topological polar surface area (TPSA) is 38.3 Å². The average molecular weight is 326 g/mol. The van der Waals surface area contributed by atoms with Gasteiger partial charge < -0.3 is 10.1 Å². The van der Waals surface area contributed by atoms with Crippen LogP contribution < -0.4 is 5.32 Å². The summed E-state index contributed by atoms with van der Waals surface area (Å²) in [5.74, 6) is -0.260. The molecule has 0 spiro atoms. The van der Waals surface area contributed by atoms with Crippen LogP contribution in [0.4, 0.5) is 5.69 Å². The molecule has 4 heteroatoms. The van der Waals surface area contributed by atoms with Crippen LogP contribution in [-0.4, -0.2) is 19.6 Å². The molecule has 0 saturated carbocycles. The van der Waals surface area contributed by atoms with Crippen LogP contribution in [0.5, 0.6) is 0 Å². The molecule has 0 radical (unpaired) electrons. The van der Waals surface area contributed by atoms with Gasteiger partial charge in [0.2, 0.25) is 0 Å². The summed E-state index contributed by atoms with van der Waals surface area (Å²) in [6.45, 7) is 6.66. The van der Waals surface area contributed by atoms with Crippen LogP contribution in [-0.2, 0) is 9.53 Å². The summed E-state index contributed by atoms with van der Waals surface area (Å²) in [5, 5.41) is 3.32. The smallest absolute Gasteiger partial charge is 0.333 e. The average Bonchev–Trinajstić information content (AvgIpc) is 2.36. The van der Waals surface area contributed by atoms with Gasteiger partial charge in [0.1, 0.15) is 0 Å². The summed E-state index contributed by atoms with van der Waals surface area (Å²) in [7, 11) is 1.40. The molecule has 0 fully saturated rings. The number of esters is 1. The highest BCUT2D eigenvalue weighted by molar-refractivity contribution is 9.10. The molecule has 1 aromatic rings. The van der Waals surface area contributed by atoms with Crippen LogP contribution in [0.25, 0.3) is 0 Å². The Bertz CT molecular complexity index is 472. The van der Waals surface area contributed by atoms with Gasteiger partial charge in [0.05, 0.1) is 12.8 Å². The lowest BCUT2D eigenvalue weighted by Crippen LogP contribution is -2.08. The third-order valence-electron chi connectivity index (χ3n) is 2.89. The monoisotopic (exact) mass is 325 g/mol. The maximum absolute atomic E-state index is 11.4. The van der Waals surface area contributed by atoms with E-state index in [1.807, 2.05) is 13.0 Å². The van der Waals surface area contributed by atoms with Gasteiger partial charge in [-0.15, -0.1) is 0 Å². The maximum Gasteiger partial charge on any atom is 0.333 e. The van der Waals surface area contributed by atoms with Gasteiger partial charge >= 0.3 is 5.97 Å². The summed E-state index contributed by atoms with van der Waals surface area (Å²) in [6, 6.07) is 4.19. The van der Waals surface area contributed by atoms with Gasteiger partial charge in [-0.25, -0.2) is 4.79 Å². The number of carbonyl (C=O) groups is 1. The quantitative estimate of drug-likeness (QED) is 0.657. The van der Waals surface area contributed by atoms with Crippen molar-refractivity contribution < 1.29 is 9.53 Å². The molecule has 3 nitrogen and oxygen atoms in total. The second-order valence-corrected chi connectivity index (χ2v) is 5.25. The van der Waals surface area contributed by atoms with Crippen LogP contribution in [0.1, 0.15) is 24.5 Å². The zero-order valence-corrected chi connectivity index (χ0v) is 13.4. The number of hydrogen-bond donors (Lipinski definition) is 1. The highest BCUT2D eigenvalue weighted by Crippen LogP contribution is 2.27. The van der Waals surface area contributed by atoms with Crippen molar-refractivity contribution in [2.45, 2.75) is 27.2 Å². The Morgan fingerprint density at radius 1 is 1.42 bits per heavy atom. The third kappa shape index (κ3) is 4.39. The molecule has 0 bridgehead atoms. The number of anilines is 1. The van der Waals surface area contributed by atoms with Crippen LogP contribution in [0, 0.1) is 13.8 Å². The molecule has 0 aromatic heterocycles. The Morgan fingerprint density at radius 2 is 2.11 bits per heavy atom. The number of rotatable bonds is 5. The van der Waals surface area contributed by atoms with Crippen LogP contribution in [0.3, 0.4) is 0 Å². The van der Waals surface area contributed by atoms with E-state index in [-0.39, 0.29) is 5.97 Å². The molecule has 0 unspecified atom stereocenters. The molecule has 1 aromatic carbocycles. The second kappa shape index (κ2) is 7.34. The molecule has 1 rings (SSSR count). The Morgan fingerprint density at radius 3 is 2.63 bits per heavy atom. The lowest BCUT2D eigenvalue weighted by atomic mass is 10.1. The van der Waals surface area contributed by atoms with Crippen molar-refractivity contribution >= 4 is 27.6 Å². The van der Waals surface area contributed by atoms with E-state index in [0.717, 1.165) is 10.2 Å². The minimum atomic E-state index is -0.260. The van der Waals surface area contributed by atoms with Crippen molar-refractivity contribution in [2.24, 2.45) is 0 Å². The van der Waals surface area contributed by atoms with E-state index in [1.54, 1.807) is 0 Å². The number of nitrogens with one attached hydrogen (secondary N) is 1. The Balaban J connectivity index is 2.77. The van der Waals surface area contributed by atoms with E-state index < -0.39 is 0 Å². The predicted octanol–water partition coefficient (Wildman–Crippen LogP) is 3.99. The van der Waals surface area contributed by atoms with E-state index in [0.29, 0.717) is 18.5 Å². The first-order valence-electron chi connectivity index (χ1n) is 6.27. The van der Waals surface area contributed by atoms with E-state index in [4.69, 9.17) is 4.74 Å². The van der Waals surface area contributed by atoms with Gasteiger partial charge in [-0.2, -0.15) is 0 Å². The summed E-state index contributed by atoms with van der Waals surface area (Å²) < 4.78 is 5.76. The van der Waals surface area contributed by atoms with Crippen LogP contribution in [0.15, 0.2) is 28.3 Å². The Kier molecular flexibility index (Phi) is 6.09. The van der Waals surface area contributed by atoms with E-state index in [9.17, 15) is 4.79 Å². The van der Waals surface area contributed by atoms with Crippen molar-refractivity contribution in [3.63, 3.8) is 0 Å². The minimum absolute atomic E-state index is 0.260. The van der Waals surface area contributed by atoms with Crippen molar-refractivity contribution in [1.82, 2.24) is 0 Å². The van der Waals surface area contributed by atoms with Crippen molar-refractivity contribution in [1.29, 1.82) is 0 Å². The lowest BCUT2D eigenvalue weighted by Gasteiger charge is -2.12. The number of aryl methyl sites for hydroxylation is 2. The highest BCUT2D eigenvalue weighted by atomic mass is 79.9. The normalized spacial score (nSPS) is 11.3. The standard InChI is InChI=1S/C15H20BrNO2/c1-5-12(15(18)19-4)6-7-17-14-11(3)8-10(2)9-13(14)16/h6,8-9,17H,5,7H2,1-4H3. The Hall–Kier alpha value is -1.29. The molecule has 0 atom stereocenters. The lowest BCUT2D eigenvalue weighted by molar-refractivity contribution is -0.136. The molecule has 0 aliphatic carbocycles. The fourth-order valence-electron chi connectivity index (χ4n) is 1.92. The number of hydrogen-bond acceptors (Lipinski definition) is 3. The van der Waals surface area contributed by atoms with Gasteiger partial charge in [-0.05, 0) is 53.4 Å². The zero-order chi connectivity index (χ0) is 14.4. The third-order valence-corrected chi connectivity index (χ3v) is 3.51. The number of methoxy groups -OCH3 is 1. The summed E-state index contributed by atoms with van der Waals surface area (Å²) >= 11 is 3.55. The highest BCUT2D eigenvalue weighted by Gasteiger charge is 2.07. The second-order valence-electron chi connectivity index (χ2n) is 4.39. The van der Waals surface area contributed by atoms with E-state index in [1.165, 1.54) is 18.2 Å². The predicted molar refractivity (Wildman–Crippen MR) is 82.5 cm³/mol. The molecule has 0 saturated heterocycles. The Labute approximate surface area is 123 Å². The molecule has 0 heterocycles. The summed E-state index contributed by atoms with van der Waals surface area (Å²) in [5.41, 5.74) is 4.14. The number of halogens is 1. The molecule has 104 valence electrons. The van der Waals surface area contributed by atoms with Crippen LogP contribution in [0.2, 0.25) is 0 Å². The van der Waals surface area contributed by atoms with Gasteiger partial charge in [-0.1, -0.05) is 19.1 Å². The van der Waals surface area contributed by atoms with Gasteiger partial charge in [0.15, 0.2) is 0 Å². The summed E-state index contributed by atoms with van der Waals surface area (Å²) in [6.07, 6.45) is 2.54. The number of ether oxygens (including phenoxy) is 1. The van der Waals surface area contributed by atoms with Crippen molar-refractivity contribution in [3.05, 3.63) is 39.4 Å². The molecule has 0 aliphatic rings. The molecule has 0 aliphatic heterocycles. The minimum Gasteiger partial charge on any atom is -0.466 e. The molecular weight excluding hydrogens is 306 g/mol. The zero-order valence-electron chi connectivity index (χ0n) is 11.8. The first-order chi connectivity index (χ1) is 8.99. The number of benzene rings is 1. The van der Waals surface area contributed by atoms with Gasteiger partial charge in [0.25, 0.3) is 0 Å². The SMILES string of the molecule is CCC(=CCNc1c(C)cc(C)cc1Br)C(=O)OC. The van der Waals surface area contributed by atoms with Crippen molar-refractivity contribution in [3.8, 4) is 0 Å². The first-order valence-corrected chi connectivity index (χ1v) is 7.06. The van der Waals surface area contributed by atoms with Crippen molar-refractivity contribution in [2.75, 3.05) is 19.0 Å². The fourth-order valence-corrected chi connectivity index (χ4v) is 2.73. The van der Waals surface area contributed by atoms with Gasteiger partial charge in [-0.3, -0.25) is 0 Å². The van der Waals surface area contributed by atoms with E-state index in [2.05, 4.69) is 47.2 Å². The molecule has 1 N–H and O–H groups in total. The number of carbonyl (C=O) groups excluding carboxylic acids is 1. The van der Waals surface area contributed by atoms with Crippen LogP contribution >= 0.6 is 15.9 Å². The van der Waals surface area contributed by atoms with E-state index >= 15 is 0 Å². The maximum atomic E-state index is 11.4. The first kappa shape index (κ1) is 15.8. The fraction of sp³-hybridized carbons (Fsp3) is 0.400. The van der Waals surface area contributed by atoms with Gasteiger partial charge in [0, 0.05) is 16.6 Å². The molecular formula is C15H20BrNO2. The largest absolute Gasteiger partial charge is 0.466 e. The summed E-state index contributed by atoms with van der Waals surface area (Å²) in [4.78, 5) is 11.4.